The van der Waals surface area contributed by atoms with Crippen molar-refractivity contribution in [2.75, 3.05) is 13.2 Å². The molecule has 1 aliphatic rings. The fourth-order valence-electron chi connectivity index (χ4n) is 3.71. The first-order chi connectivity index (χ1) is 14.7. The number of pyridine rings is 1. The van der Waals surface area contributed by atoms with Crippen molar-refractivity contribution in [2.45, 2.75) is 81.8 Å². The highest BCUT2D eigenvalue weighted by atomic mass is 32.2. The molecule has 0 unspecified atom stereocenters. The lowest BCUT2D eigenvalue weighted by Crippen LogP contribution is -2.39. The van der Waals surface area contributed by atoms with Gasteiger partial charge in [-0.15, -0.1) is 10.2 Å². The molecule has 0 aliphatic heterocycles. The van der Waals surface area contributed by atoms with Gasteiger partial charge in [0.15, 0.2) is 11.0 Å². The van der Waals surface area contributed by atoms with E-state index in [1.54, 1.807) is 12.4 Å². The third-order valence-corrected chi connectivity index (χ3v) is 6.46. The summed E-state index contributed by atoms with van der Waals surface area (Å²) >= 11 is 1.47. The summed E-state index contributed by atoms with van der Waals surface area (Å²) in [6.45, 7) is 6.08. The molecule has 1 atom stereocenters. The Morgan fingerprint density at radius 3 is 2.67 bits per heavy atom. The summed E-state index contributed by atoms with van der Waals surface area (Å²) in [5.41, 5.74) is 0.969. The van der Waals surface area contributed by atoms with E-state index < -0.39 is 0 Å². The first-order valence-electron chi connectivity index (χ1n) is 11.1. The minimum absolute atomic E-state index is 0.0845. The van der Waals surface area contributed by atoms with Crippen LogP contribution < -0.4 is 5.32 Å². The zero-order chi connectivity index (χ0) is 21.2. The number of carbonyl (C=O) groups excluding carboxylic acids is 1. The smallest absolute Gasteiger partial charge is 0.233 e. The number of aromatic nitrogens is 4. The number of rotatable bonds is 10. The fraction of sp³-hybridized carbons (Fsp3) is 0.636. The van der Waals surface area contributed by atoms with Gasteiger partial charge in [0.05, 0.1) is 5.25 Å². The molecule has 3 rings (SSSR count). The Morgan fingerprint density at radius 1 is 1.23 bits per heavy atom. The van der Waals surface area contributed by atoms with E-state index in [2.05, 4.69) is 25.1 Å². The molecule has 164 valence electrons. The molecule has 0 aromatic carbocycles. The molecule has 1 amide bonds. The fourth-order valence-corrected chi connectivity index (χ4v) is 4.60. The van der Waals surface area contributed by atoms with Gasteiger partial charge in [-0.1, -0.05) is 37.4 Å². The molecule has 8 heteroatoms. The van der Waals surface area contributed by atoms with Crippen LogP contribution in [0, 0.1) is 0 Å². The van der Waals surface area contributed by atoms with Crippen LogP contribution >= 0.6 is 11.8 Å². The molecule has 1 aliphatic carbocycles. The summed E-state index contributed by atoms with van der Waals surface area (Å²) < 4.78 is 7.59. The first-order valence-corrected chi connectivity index (χ1v) is 12.0. The number of amides is 1. The molecule has 0 spiro atoms. The molecule has 0 radical (unpaired) electrons. The molecular formula is C22H33N5O2S. The van der Waals surface area contributed by atoms with Crippen molar-refractivity contribution in [1.29, 1.82) is 0 Å². The Kier molecular flexibility index (Phi) is 9.14. The summed E-state index contributed by atoms with van der Waals surface area (Å²) in [6.07, 6.45) is 11.5. The second-order valence-electron chi connectivity index (χ2n) is 7.70. The van der Waals surface area contributed by atoms with Crippen molar-refractivity contribution in [3.63, 3.8) is 0 Å². The predicted octanol–water partition coefficient (Wildman–Crippen LogP) is 4.09. The summed E-state index contributed by atoms with van der Waals surface area (Å²) in [6, 6.07) is 4.17. The lowest BCUT2D eigenvalue weighted by atomic mass is 10.1. The van der Waals surface area contributed by atoms with E-state index in [1.165, 1.54) is 37.4 Å². The van der Waals surface area contributed by atoms with Crippen LogP contribution in [0.2, 0.25) is 0 Å². The molecule has 0 saturated heterocycles. The van der Waals surface area contributed by atoms with Gasteiger partial charge in [-0.3, -0.25) is 9.78 Å². The minimum Gasteiger partial charge on any atom is -0.382 e. The molecule has 2 aromatic heterocycles. The SMILES string of the molecule is CCOCCCn1c(S[C@@H](C)C(=O)NC2CCCCCC2)nnc1-c1ccncc1. The minimum atomic E-state index is -0.228. The highest BCUT2D eigenvalue weighted by Gasteiger charge is 2.23. The van der Waals surface area contributed by atoms with Crippen molar-refractivity contribution in [2.24, 2.45) is 0 Å². The van der Waals surface area contributed by atoms with Crippen LogP contribution in [0.1, 0.15) is 58.8 Å². The van der Waals surface area contributed by atoms with Crippen LogP contribution in [-0.2, 0) is 16.1 Å². The van der Waals surface area contributed by atoms with Crippen molar-refractivity contribution >= 4 is 17.7 Å². The van der Waals surface area contributed by atoms with Gasteiger partial charge in [0.25, 0.3) is 0 Å². The molecule has 2 heterocycles. The maximum atomic E-state index is 12.8. The van der Waals surface area contributed by atoms with E-state index in [9.17, 15) is 4.79 Å². The number of ether oxygens (including phenoxy) is 1. The standard InChI is InChI=1S/C22H33N5O2S/c1-3-29-16-8-15-27-20(18-11-13-23-14-12-18)25-26-22(27)30-17(2)21(28)24-19-9-6-4-5-7-10-19/h11-14,17,19H,3-10,15-16H2,1-2H3,(H,24,28)/t17-/m0/s1. The van der Waals surface area contributed by atoms with E-state index in [0.29, 0.717) is 19.3 Å². The van der Waals surface area contributed by atoms with Crippen LogP contribution in [0.25, 0.3) is 11.4 Å². The van der Waals surface area contributed by atoms with Gasteiger partial charge >= 0.3 is 0 Å². The van der Waals surface area contributed by atoms with Gasteiger partial charge < -0.3 is 14.6 Å². The number of hydrogen-bond acceptors (Lipinski definition) is 6. The lowest BCUT2D eigenvalue weighted by molar-refractivity contribution is -0.121. The zero-order valence-electron chi connectivity index (χ0n) is 18.0. The average molecular weight is 432 g/mol. The monoisotopic (exact) mass is 431 g/mol. The van der Waals surface area contributed by atoms with Crippen LogP contribution in [0.5, 0.6) is 0 Å². The van der Waals surface area contributed by atoms with Crippen molar-refractivity contribution in [3.8, 4) is 11.4 Å². The van der Waals surface area contributed by atoms with Crippen LogP contribution in [0.15, 0.2) is 29.7 Å². The number of nitrogens with zero attached hydrogens (tertiary/aromatic N) is 4. The summed E-state index contributed by atoms with van der Waals surface area (Å²) in [5, 5.41) is 12.6. The normalized spacial score (nSPS) is 16.2. The molecule has 0 bridgehead atoms. The Hall–Kier alpha value is -1.93. The summed E-state index contributed by atoms with van der Waals surface area (Å²) in [4.78, 5) is 16.9. The lowest BCUT2D eigenvalue weighted by Gasteiger charge is -2.19. The Labute approximate surface area is 183 Å². The van der Waals surface area contributed by atoms with Crippen LogP contribution in [0.4, 0.5) is 0 Å². The van der Waals surface area contributed by atoms with E-state index in [4.69, 9.17) is 4.74 Å². The predicted molar refractivity (Wildman–Crippen MR) is 119 cm³/mol. The van der Waals surface area contributed by atoms with Gasteiger partial charge in [-0.25, -0.2) is 0 Å². The largest absolute Gasteiger partial charge is 0.382 e. The molecule has 1 fully saturated rings. The van der Waals surface area contributed by atoms with Crippen LogP contribution in [0.3, 0.4) is 0 Å². The van der Waals surface area contributed by atoms with Crippen LogP contribution in [-0.4, -0.2) is 50.2 Å². The second kappa shape index (κ2) is 12.1. The second-order valence-corrected chi connectivity index (χ2v) is 9.01. The van der Waals surface area contributed by atoms with E-state index in [1.807, 2.05) is 26.0 Å². The molecule has 30 heavy (non-hydrogen) atoms. The maximum absolute atomic E-state index is 12.8. The van der Waals surface area contributed by atoms with Gasteiger partial charge in [0.1, 0.15) is 0 Å². The first kappa shape index (κ1) is 22.7. The summed E-state index contributed by atoms with van der Waals surface area (Å²) in [7, 11) is 0. The van der Waals surface area contributed by atoms with Crippen molar-refractivity contribution in [3.05, 3.63) is 24.5 Å². The van der Waals surface area contributed by atoms with Crippen molar-refractivity contribution < 1.29 is 9.53 Å². The molecule has 1 N–H and O–H groups in total. The number of thioether (sulfide) groups is 1. The Balaban J connectivity index is 1.68. The van der Waals surface area contributed by atoms with Gasteiger partial charge in [0.2, 0.25) is 5.91 Å². The maximum Gasteiger partial charge on any atom is 0.233 e. The third kappa shape index (κ3) is 6.54. The van der Waals surface area contributed by atoms with E-state index in [-0.39, 0.29) is 11.2 Å². The Bertz CT molecular complexity index is 775. The average Bonchev–Trinajstić information content (AvgIpc) is 2.97. The van der Waals surface area contributed by atoms with Gasteiger partial charge in [0, 0.05) is 43.8 Å². The summed E-state index contributed by atoms with van der Waals surface area (Å²) in [5.74, 6) is 0.883. The molecule has 2 aromatic rings. The Morgan fingerprint density at radius 2 is 1.97 bits per heavy atom. The number of nitrogens with one attached hydrogen (secondary N) is 1. The van der Waals surface area contributed by atoms with E-state index >= 15 is 0 Å². The number of hydrogen-bond donors (Lipinski definition) is 1. The highest BCUT2D eigenvalue weighted by molar-refractivity contribution is 8.00. The molecule has 7 nitrogen and oxygen atoms in total. The van der Waals surface area contributed by atoms with Gasteiger partial charge in [-0.2, -0.15) is 0 Å². The van der Waals surface area contributed by atoms with E-state index in [0.717, 1.165) is 42.4 Å². The topological polar surface area (TPSA) is 81.9 Å². The number of carbonyl (C=O) groups is 1. The third-order valence-electron chi connectivity index (χ3n) is 5.38. The quantitative estimate of drug-likeness (QED) is 0.347. The highest BCUT2D eigenvalue weighted by Crippen LogP contribution is 2.27. The van der Waals surface area contributed by atoms with Gasteiger partial charge in [-0.05, 0) is 45.2 Å². The molecule has 1 saturated carbocycles. The zero-order valence-corrected chi connectivity index (χ0v) is 18.9. The molecular weight excluding hydrogens is 398 g/mol. The van der Waals surface area contributed by atoms with Crippen molar-refractivity contribution in [1.82, 2.24) is 25.1 Å².